The van der Waals surface area contributed by atoms with Crippen LogP contribution in [0.25, 0.3) is 11.1 Å². The minimum atomic E-state index is -0.521. The molecule has 2 N–H and O–H groups in total. The van der Waals surface area contributed by atoms with Gasteiger partial charge in [-0.1, -0.05) is 31.5 Å². The molecule has 2 saturated heterocycles. The van der Waals surface area contributed by atoms with Crippen LogP contribution in [0, 0.1) is 26.6 Å². The molecule has 3 aromatic rings. The van der Waals surface area contributed by atoms with E-state index in [2.05, 4.69) is 47.2 Å². The van der Waals surface area contributed by atoms with Crippen LogP contribution in [0.15, 0.2) is 35.1 Å². The highest BCUT2D eigenvalue weighted by Gasteiger charge is 2.44. The van der Waals surface area contributed by atoms with E-state index in [4.69, 9.17) is 9.47 Å². The Labute approximate surface area is 278 Å². The van der Waals surface area contributed by atoms with Gasteiger partial charge in [0.05, 0.1) is 5.56 Å². The number of amides is 1. The van der Waals surface area contributed by atoms with Crippen LogP contribution in [0.5, 0.6) is 0 Å². The molecule has 6 rings (SSSR count). The summed E-state index contributed by atoms with van der Waals surface area (Å²) in [4.78, 5) is 31.8. The van der Waals surface area contributed by atoms with E-state index >= 15 is 4.39 Å². The number of nitrogens with one attached hydrogen (secondary N) is 2. The van der Waals surface area contributed by atoms with E-state index < -0.39 is 11.7 Å². The normalized spacial score (nSPS) is 19.1. The molecule has 3 heterocycles. The predicted octanol–water partition coefficient (Wildman–Crippen LogP) is 7.38. The second-order valence-electron chi connectivity index (χ2n) is 13.9. The van der Waals surface area contributed by atoms with Crippen LogP contribution in [-0.4, -0.2) is 49.9 Å². The van der Waals surface area contributed by atoms with Gasteiger partial charge in [-0.3, -0.25) is 9.59 Å². The Hall–Kier alpha value is -3.49. The molecule has 2 fully saturated rings. The molecule has 0 saturated carbocycles. The van der Waals surface area contributed by atoms with Gasteiger partial charge >= 0.3 is 0 Å². The second-order valence-corrected chi connectivity index (χ2v) is 13.9. The molecule has 1 aromatic heterocycles. The fourth-order valence-electron chi connectivity index (χ4n) is 8.58. The summed E-state index contributed by atoms with van der Waals surface area (Å²) < 4.78 is 28.4. The van der Waals surface area contributed by atoms with Gasteiger partial charge in [0.2, 0.25) is 0 Å². The van der Waals surface area contributed by atoms with Crippen LogP contribution in [0.3, 0.4) is 0 Å². The van der Waals surface area contributed by atoms with Crippen molar-refractivity contribution in [2.75, 3.05) is 37.9 Å². The number of pyridine rings is 1. The third-order valence-corrected chi connectivity index (χ3v) is 11.0. The van der Waals surface area contributed by atoms with Gasteiger partial charge in [-0.2, -0.15) is 0 Å². The van der Waals surface area contributed by atoms with Crippen molar-refractivity contribution in [2.24, 2.45) is 0 Å². The van der Waals surface area contributed by atoms with Crippen LogP contribution in [0.4, 0.5) is 10.1 Å². The number of nitrogens with zero attached hydrogens (tertiary/aromatic N) is 1. The minimum absolute atomic E-state index is 0.0134. The summed E-state index contributed by atoms with van der Waals surface area (Å²) in [5.41, 5.74) is 7.38. The highest BCUT2D eigenvalue weighted by molar-refractivity contribution is 5.99. The number of aryl methyl sites for hydroxylation is 2. The molecule has 8 heteroatoms. The number of benzene rings is 2. The number of ether oxygens (including phenoxy) is 2. The van der Waals surface area contributed by atoms with Crippen molar-refractivity contribution in [1.82, 2.24) is 10.3 Å². The van der Waals surface area contributed by atoms with E-state index in [-0.39, 0.29) is 29.1 Å². The smallest absolute Gasteiger partial charge is 0.254 e. The summed E-state index contributed by atoms with van der Waals surface area (Å²) in [6.07, 6.45) is 7.09. The number of anilines is 1. The quantitative estimate of drug-likeness (QED) is 0.254. The lowest BCUT2D eigenvalue weighted by molar-refractivity contribution is 0.0486. The number of carbonyl (C=O) groups is 1. The maximum absolute atomic E-state index is 17.0. The van der Waals surface area contributed by atoms with Gasteiger partial charge in [0, 0.05) is 73.5 Å². The van der Waals surface area contributed by atoms with E-state index in [0.29, 0.717) is 35.8 Å². The Morgan fingerprint density at radius 2 is 1.77 bits per heavy atom. The first-order chi connectivity index (χ1) is 22.7. The molecule has 1 aliphatic carbocycles. The lowest BCUT2D eigenvalue weighted by Gasteiger charge is -2.37. The number of fused-ring (bicyclic) bond motifs is 2. The highest BCUT2D eigenvalue weighted by atomic mass is 19.1. The SMILES string of the molecule is CCCC1CC2(CCOCC2)c2ccc(-c3cc(N(CC)C4CCOCC4)c(C)c(C(=O)NCc4c(C)cc(C)[nH]c4=O)c3F)cc21. The monoisotopic (exact) mass is 643 g/mol. The first-order valence-electron chi connectivity index (χ1n) is 17.5. The topological polar surface area (TPSA) is 83.7 Å². The predicted molar refractivity (Wildman–Crippen MR) is 185 cm³/mol. The molecular weight excluding hydrogens is 593 g/mol. The summed E-state index contributed by atoms with van der Waals surface area (Å²) in [6, 6.07) is 10.6. The van der Waals surface area contributed by atoms with Crippen molar-refractivity contribution in [3.8, 4) is 11.1 Å². The van der Waals surface area contributed by atoms with Gasteiger partial charge < -0.3 is 24.7 Å². The third kappa shape index (κ3) is 6.39. The summed E-state index contributed by atoms with van der Waals surface area (Å²) in [5.74, 6) is -0.613. The second kappa shape index (κ2) is 13.9. The van der Waals surface area contributed by atoms with Crippen LogP contribution in [0.2, 0.25) is 0 Å². The molecule has 1 unspecified atom stereocenters. The lowest BCUT2D eigenvalue weighted by atomic mass is 9.74. The number of rotatable bonds is 9. The Kier molecular flexibility index (Phi) is 9.90. The molecule has 0 bridgehead atoms. The number of aromatic nitrogens is 1. The molecule has 1 amide bonds. The maximum atomic E-state index is 17.0. The number of hydrogen-bond donors (Lipinski definition) is 2. The van der Waals surface area contributed by atoms with E-state index in [1.807, 2.05) is 32.9 Å². The van der Waals surface area contributed by atoms with Gasteiger partial charge in [0.15, 0.2) is 0 Å². The molecule has 2 aliphatic heterocycles. The summed E-state index contributed by atoms with van der Waals surface area (Å²) in [5, 5.41) is 2.90. The lowest BCUT2D eigenvalue weighted by Crippen LogP contribution is -2.40. The Bertz CT molecular complexity index is 1690. The van der Waals surface area contributed by atoms with E-state index in [1.165, 1.54) is 11.1 Å². The molecule has 7 nitrogen and oxygen atoms in total. The van der Waals surface area contributed by atoms with Gasteiger partial charge in [0.1, 0.15) is 5.82 Å². The zero-order valence-electron chi connectivity index (χ0n) is 28.7. The number of halogens is 1. The van der Waals surface area contributed by atoms with Crippen LogP contribution < -0.4 is 15.8 Å². The van der Waals surface area contributed by atoms with Crippen molar-refractivity contribution in [3.05, 3.63) is 85.6 Å². The third-order valence-electron chi connectivity index (χ3n) is 11.0. The highest BCUT2D eigenvalue weighted by Crippen LogP contribution is 2.53. The summed E-state index contributed by atoms with van der Waals surface area (Å²) in [7, 11) is 0. The molecule has 0 radical (unpaired) electrons. The number of hydrogen-bond acceptors (Lipinski definition) is 5. The zero-order valence-corrected chi connectivity index (χ0v) is 28.7. The molecule has 1 spiro atoms. The van der Waals surface area contributed by atoms with Gasteiger partial charge in [0.25, 0.3) is 11.5 Å². The van der Waals surface area contributed by atoms with E-state index in [1.54, 1.807) is 0 Å². The van der Waals surface area contributed by atoms with Gasteiger partial charge in [-0.05, 0) is 112 Å². The van der Waals surface area contributed by atoms with Gasteiger partial charge in [-0.15, -0.1) is 0 Å². The fourth-order valence-corrected chi connectivity index (χ4v) is 8.58. The summed E-state index contributed by atoms with van der Waals surface area (Å²) >= 11 is 0. The van der Waals surface area contributed by atoms with Crippen molar-refractivity contribution < 1.29 is 18.7 Å². The maximum Gasteiger partial charge on any atom is 0.254 e. The molecule has 1 atom stereocenters. The van der Waals surface area contributed by atoms with Crippen LogP contribution >= 0.6 is 0 Å². The minimum Gasteiger partial charge on any atom is -0.381 e. The summed E-state index contributed by atoms with van der Waals surface area (Å²) in [6.45, 7) is 13.5. The first-order valence-corrected chi connectivity index (χ1v) is 17.5. The molecule has 252 valence electrons. The average molecular weight is 644 g/mol. The molecule has 2 aromatic carbocycles. The Morgan fingerprint density at radius 1 is 1.04 bits per heavy atom. The van der Waals surface area contributed by atoms with Crippen molar-refractivity contribution in [2.45, 2.75) is 103 Å². The zero-order chi connectivity index (χ0) is 33.3. The average Bonchev–Trinajstić information content (AvgIpc) is 3.34. The Balaban J connectivity index is 1.45. The van der Waals surface area contributed by atoms with E-state index in [0.717, 1.165) is 87.2 Å². The van der Waals surface area contributed by atoms with Crippen molar-refractivity contribution >= 4 is 11.6 Å². The standard InChI is InChI=1S/C39H50FN3O4/c1-6-8-28-22-39(13-17-47-18-14-39)33-10-9-27(20-30(28)33)31-21-34(43(7-2)29-11-15-46-16-12-29)26(5)35(36(31)40)38(45)41-23-32-24(3)19-25(4)42-37(32)44/h9-10,19-21,28-29H,6-8,11-18,22-23H2,1-5H3,(H,41,45)(H,42,44). The number of aromatic amines is 1. The van der Waals surface area contributed by atoms with Crippen molar-refractivity contribution in [3.63, 3.8) is 0 Å². The van der Waals surface area contributed by atoms with Crippen molar-refractivity contribution in [1.29, 1.82) is 0 Å². The van der Waals surface area contributed by atoms with Crippen LogP contribution in [0.1, 0.15) is 109 Å². The number of carbonyl (C=O) groups excluding carboxylic acids is 1. The largest absolute Gasteiger partial charge is 0.381 e. The molecule has 3 aliphatic rings. The van der Waals surface area contributed by atoms with Crippen LogP contribution in [-0.2, 0) is 21.4 Å². The van der Waals surface area contributed by atoms with Gasteiger partial charge in [-0.25, -0.2) is 4.39 Å². The molecule has 47 heavy (non-hydrogen) atoms. The fraction of sp³-hybridized carbons (Fsp3) is 0.538. The first kappa shape index (κ1) is 33.4. The van der Waals surface area contributed by atoms with E-state index in [9.17, 15) is 9.59 Å². The number of H-pyrrole nitrogens is 1. The Morgan fingerprint density at radius 3 is 2.45 bits per heavy atom. The molecular formula is C39H50FN3O4.